The molecule has 1 aromatic heterocycles. The Morgan fingerprint density at radius 3 is 2.52 bits per heavy atom. The molecular weight excluding hydrogens is 340 g/mol. The second-order valence-corrected chi connectivity index (χ2v) is 5.96. The van der Waals surface area contributed by atoms with Crippen LogP contribution in [0.5, 0.6) is 5.75 Å². The monoisotopic (exact) mass is 362 g/mol. The maximum Gasteiger partial charge on any atom is 0.275 e. The van der Waals surface area contributed by atoms with E-state index in [1.54, 1.807) is 25.4 Å². The zero-order chi connectivity index (χ0) is 18.9. The van der Waals surface area contributed by atoms with Crippen molar-refractivity contribution in [2.24, 2.45) is 0 Å². The average molecular weight is 362 g/mol. The predicted octanol–water partition coefficient (Wildman–Crippen LogP) is 3.78. The van der Waals surface area contributed by atoms with E-state index in [1.807, 2.05) is 30.3 Å². The quantitative estimate of drug-likeness (QED) is 0.597. The van der Waals surface area contributed by atoms with Crippen molar-refractivity contribution in [1.82, 2.24) is 9.97 Å². The summed E-state index contributed by atoms with van der Waals surface area (Å²) in [4.78, 5) is 20.8. The maximum absolute atomic E-state index is 12.3. The number of anilines is 2. The zero-order valence-electron chi connectivity index (χ0n) is 15.2. The van der Waals surface area contributed by atoms with Crippen LogP contribution in [0.1, 0.15) is 22.5 Å². The highest BCUT2D eigenvalue weighted by Crippen LogP contribution is 2.23. The Hall–Kier alpha value is -3.41. The molecule has 27 heavy (non-hydrogen) atoms. The van der Waals surface area contributed by atoms with Crippen molar-refractivity contribution in [1.29, 1.82) is 0 Å². The molecule has 6 heteroatoms. The van der Waals surface area contributed by atoms with E-state index in [0.29, 0.717) is 17.3 Å². The van der Waals surface area contributed by atoms with Crippen molar-refractivity contribution in [3.05, 3.63) is 78.2 Å². The van der Waals surface area contributed by atoms with E-state index in [2.05, 4.69) is 32.7 Å². The Balaban J connectivity index is 1.50. The van der Waals surface area contributed by atoms with Gasteiger partial charge in [-0.15, -0.1) is 0 Å². The molecule has 6 nitrogen and oxygen atoms in total. The number of hydrogen-bond donors (Lipinski definition) is 2. The van der Waals surface area contributed by atoms with Gasteiger partial charge < -0.3 is 15.4 Å². The topological polar surface area (TPSA) is 76.1 Å². The molecule has 0 unspecified atom stereocenters. The summed E-state index contributed by atoms with van der Waals surface area (Å²) in [6.45, 7) is 0.788. The van der Waals surface area contributed by atoms with E-state index in [4.69, 9.17) is 4.74 Å². The van der Waals surface area contributed by atoms with Gasteiger partial charge in [0.1, 0.15) is 17.3 Å². The van der Waals surface area contributed by atoms with Crippen LogP contribution < -0.4 is 15.4 Å². The van der Waals surface area contributed by atoms with Gasteiger partial charge in [-0.05, 0) is 30.5 Å². The normalized spacial score (nSPS) is 10.3. The molecule has 1 amide bonds. The van der Waals surface area contributed by atoms with Gasteiger partial charge in [-0.25, -0.2) is 9.97 Å². The van der Waals surface area contributed by atoms with Crippen LogP contribution in [0.2, 0.25) is 0 Å². The first-order valence-electron chi connectivity index (χ1n) is 8.80. The van der Waals surface area contributed by atoms with E-state index >= 15 is 0 Å². The molecule has 0 atom stereocenters. The third-order valence-electron chi connectivity index (χ3n) is 4.03. The molecule has 3 aromatic rings. The highest BCUT2D eigenvalue weighted by Gasteiger charge is 2.11. The van der Waals surface area contributed by atoms with Crippen molar-refractivity contribution in [3.8, 4) is 5.75 Å². The van der Waals surface area contributed by atoms with Gasteiger partial charge in [-0.3, -0.25) is 4.79 Å². The lowest BCUT2D eigenvalue weighted by atomic mass is 10.1. The fourth-order valence-corrected chi connectivity index (χ4v) is 2.62. The van der Waals surface area contributed by atoms with E-state index in [9.17, 15) is 4.79 Å². The third kappa shape index (κ3) is 5.28. The third-order valence-corrected chi connectivity index (χ3v) is 4.03. The minimum Gasteiger partial charge on any atom is -0.495 e. The first-order chi connectivity index (χ1) is 13.3. The van der Waals surface area contributed by atoms with Crippen LogP contribution in [0.15, 0.2) is 67.0 Å². The van der Waals surface area contributed by atoms with Gasteiger partial charge in [0, 0.05) is 6.54 Å². The fourth-order valence-electron chi connectivity index (χ4n) is 2.62. The molecule has 1 heterocycles. The number of hydrogen-bond acceptors (Lipinski definition) is 5. The summed E-state index contributed by atoms with van der Waals surface area (Å²) >= 11 is 0. The molecule has 0 saturated heterocycles. The largest absolute Gasteiger partial charge is 0.495 e. The van der Waals surface area contributed by atoms with Crippen LogP contribution in [0.4, 0.5) is 11.5 Å². The summed E-state index contributed by atoms with van der Waals surface area (Å²) in [7, 11) is 1.56. The number of rotatable bonds is 8. The standard InChI is InChI=1S/C21H22N4O2/c1-27-19-12-6-5-11-17(19)25-21(26)18-14-24-20(15-23-18)22-13-7-10-16-8-3-2-4-9-16/h2-6,8-9,11-12,14-15H,7,10,13H2,1H3,(H,22,24)(H,25,26). The second-order valence-electron chi connectivity index (χ2n) is 5.96. The summed E-state index contributed by atoms with van der Waals surface area (Å²) in [6, 6.07) is 17.6. The smallest absolute Gasteiger partial charge is 0.275 e. The second kappa shape index (κ2) is 9.33. The Morgan fingerprint density at radius 1 is 1.00 bits per heavy atom. The molecular formula is C21H22N4O2. The Labute approximate surface area is 158 Å². The van der Waals surface area contributed by atoms with Gasteiger partial charge in [0.15, 0.2) is 0 Å². The number of methoxy groups -OCH3 is 1. The van der Waals surface area contributed by atoms with E-state index < -0.39 is 0 Å². The number of aryl methyl sites for hydroxylation is 1. The van der Waals surface area contributed by atoms with Crippen LogP contribution in [0, 0.1) is 0 Å². The highest BCUT2D eigenvalue weighted by molar-refractivity contribution is 6.03. The van der Waals surface area contributed by atoms with Crippen molar-refractivity contribution in [3.63, 3.8) is 0 Å². The predicted molar refractivity (Wildman–Crippen MR) is 106 cm³/mol. The number of carbonyl (C=O) groups is 1. The Kier molecular flexibility index (Phi) is 6.35. The average Bonchev–Trinajstić information content (AvgIpc) is 2.73. The van der Waals surface area contributed by atoms with Crippen molar-refractivity contribution < 1.29 is 9.53 Å². The van der Waals surface area contributed by atoms with E-state index in [0.717, 1.165) is 19.4 Å². The molecule has 0 bridgehead atoms. The molecule has 0 spiro atoms. The molecule has 138 valence electrons. The van der Waals surface area contributed by atoms with Gasteiger partial charge in [0.2, 0.25) is 0 Å². The number of benzene rings is 2. The van der Waals surface area contributed by atoms with Crippen molar-refractivity contribution in [2.45, 2.75) is 12.8 Å². The van der Waals surface area contributed by atoms with E-state index in [-0.39, 0.29) is 11.6 Å². The lowest BCUT2D eigenvalue weighted by molar-refractivity contribution is 0.102. The number of nitrogens with zero attached hydrogens (tertiary/aromatic N) is 2. The van der Waals surface area contributed by atoms with Crippen LogP contribution in [0.25, 0.3) is 0 Å². The number of para-hydroxylation sites is 2. The Morgan fingerprint density at radius 2 is 1.78 bits per heavy atom. The molecule has 3 rings (SSSR count). The first kappa shape index (κ1) is 18.4. The number of carbonyl (C=O) groups excluding carboxylic acids is 1. The highest BCUT2D eigenvalue weighted by atomic mass is 16.5. The SMILES string of the molecule is COc1ccccc1NC(=O)c1cnc(NCCCc2ccccc2)cn1. The van der Waals surface area contributed by atoms with Gasteiger partial charge in [-0.1, -0.05) is 42.5 Å². The number of aromatic nitrogens is 2. The van der Waals surface area contributed by atoms with Gasteiger partial charge in [0.25, 0.3) is 5.91 Å². The lowest BCUT2D eigenvalue weighted by Gasteiger charge is -2.09. The van der Waals surface area contributed by atoms with Crippen LogP contribution >= 0.6 is 0 Å². The maximum atomic E-state index is 12.3. The summed E-state index contributed by atoms with van der Waals surface area (Å²) in [5.41, 5.74) is 2.15. The van der Waals surface area contributed by atoms with Crippen molar-refractivity contribution >= 4 is 17.4 Å². The lowest BCUT2D eigenvalue weighted by Crippen LogP contribution is -2.15. The first-order valence-corrected chi connectivity index (χ1v) is 8.80. The Bertz CT molecular complexity index is 867. The minimum absolute atomic E-state index is 0.246. The summed E-state index contributed by atoms with van der Waals surface area (Å²) in [6.07, 6.45) is 5.02. The number of amides is 1. The van der Waals surface area contributed by atoms with Crippen molar-refractivity contribution in [2.75, 3.05) is 24.3 Å². The van der Waals surface area contributed by atoms with Crippen LogP contribution in [0.3, 0.4) is 0 Å². The molecule has 0 aliphatic rings. The molecule has 2 aromatic carbocycles. The molecule has 0 aliphatic heterocycles. The zero-order valence-corrected chi connectivity index (χ0v) is 15.2. The summed E-state index contributed by atoms with van der Waals surface area (Å²) < 4.78 is 5.23. The molecule has 2 N–H and O–H groups in total. The summed E-state index contributed by atoms with van der Waals surface area (Å²) in [5, 5.41) is 6.00. The fraction of sp³-hybridized carbons (Fsp3) is 0.190. The van der Waals surface area contributed by atoms with E-state index in [1.165, 1.54) is 11.8 Å². The van der Waals surface area contributed by atoms with Gasteiger partial charge >= 0.3 is 0 Å². The number of nitrogens with one attached hydrogen (secondary N) is 2. The number of ether oxygens (including phenoxy) is 1. The van der Waals surface area contributed by atoms with Gasteiger partial charge in [0.05, 0.1) is 25.2 Å². The molecule has 0 radical (unpaired) electrons. The van der Waals surface area contributed by atoms with Gasteiger partial charge in [-0.2, -0.15) is 0 Å². The molecule has 0 fully saturated rings. The molecule has 0 aliphatic carbocycles. The van der Waals surface area contributed by atoms with Crippen LogP contribution in [-0.2, 0) is 6.42 Å². The van der Waals surface area contributed by atoms with Crippen LogP contribution in [-0.4, -0.2) is 29.5 Å². The minimum atomic E-state index is -0.331. The summed E-state index contributed by atoms with van der Waals surface area (Å²) in [5.74, 6) is 0.912. The molecule has 0 saturated carbocycles.